The minimum Gasteiger partial charge on any atom is -0.464 e. The second kappa shape index (κ2) is 11.6. The van der Waals surface area contributed by atoms with Crippen molar-refractivity contribution in [1.29, 1.82) is 0 Å². The Morgan fingerprint density at radius 3 is 2.15 bits per heavy atom. The third-order valence-corrected chi connectivity index (χ3v) is 4.91. The van der Waals surface area contributed by atoms with E-state index in [1.165, 1.54) is 11.8 Å². The van der Waals surface area contributed by atoms with E-state index in [0.29, 0.717) is 12.8 Å². The van der Waals surface area contributed by atoms with E-state index >= 15 is 0 Å². The highest BCUT2D eigenvalue weighted by molar-refractivity contribution is 5.93. The molecule has 190 valence electrons. The molecule has 1 heterocycles. The monoisotopic (exact) mass is 477 g/mol. The fraction of sp³-hybridized carbons (Fsp3) is 0.818. The Morgan fingerprint density at radius 2 is 1.67 bits per heavy atom. The zero-order chi connectivity index (χ0) is 25.6. The molecule has 1 saturated heterocycles. The Labute approximate surface area is 193 Å². The van der Waals surface area contributed by atoms with Crippen LogP contribution in [-0.4, -0.2) is 72.1 Å². The lowest BCUT2D eigenvalue weighted by Crippen LogP contribution is -2.59. The second-order valence-corrected chi connectivity index (χ2v) is 10.1. The van der Waals surface area contributed by atoms with Gasteiger partial charge in [0.15, 0.2) is 0 Å². The molecule has 0 aliphatic carbocycles. The van der Waals surface area contributed by atoms with E-state index in [0.717, 1.165) is 0 Å². The van der Waals surface area contributed by atoms with Gasteiger partial charge in [0.05, 0.1) is 6.61 Å². The van der Waals surface area contributed by atoms with Crippen molar-refractivity contribution in [1.82, 2.24) is 15.5 Å². The maximum atomic E-state index is 13.4. The Morgan fingerprint density at radius 1 is 1.06 bits per heavy atom. The van der Waals surface area contributed by atoms with E-state index in [-0.39, 0.29) is 13.2 Å². The number of amides is 3. The average molecular weight is 478 g/mol. The molecule has 1 fully saturated rings. The fourth-order valence-corrected chi connectivity index (χ4v) is 3.45. The van der Waals surface area contributed by atoms with Gasteiger partial charge in [-0.1, -0.05) is 20.8 Å². The van der Waals surface area contributed by atoms with Crippen molar-refractivity contribution in [2.24, 2.45) is 5.41 Å². The van der Waals surface area contributed by atoms with Gasteiger partial charge in [-0.05, 0) is 46.0 Å². The molecule has 0 aromatic heterocycles. The third kappa shape index (κ3) is 9.13. The normalized spacial score (nSPS) is 18.5. The number of nitrogens with one attached hydrogen (secondary N) is 2. The lowest BCUT2D eigenvalue weighted by molar-refractivity contribution is -0.149. The molecule has 1 rings (SSSR count). The van der Waals surface area contributed by atoms with Gasteiger partial charge in [0.1, 0.15) is 23.7 Å². The number of likely N-dealkylation sites (tertiary alicyclic amines) is 1. The molecule has 0 bridgehead atoms. The maximum Gasteiger partial charge on any atom is 0.408 e. The van der Waals surface area contributed by atoms with Crippen LogP contribution in [0.2, 0.25) is 0 Å². The van der Waals surface area contributed by atoms with Crippen LogP contribution in [0.3, 0.4) is 0 Å². The average Bonchev–Trinajstić information content (AvgIpc) is 3.12. The van der Waals surface area contributed by atoms with Crippen LogP contribution in [0.4, 0.5) is 13.6 Å². The van der Waals surface area contributed by atoms with Crippen molar-refractivity contribution in [3.63, 3.8) is 0 Å². The summed E-state index contributed by atoms with van der Waals surface area (Å²) in [4.78, 5) is 51.9. The van der Waals surface area contributed by atoms with Crippen LogP contribution in [0.5, 0.6) is 0 Å². The third-order valence-electron chi connectivity index (χ3n) is 4.91. The summed E-state index contributed by atoms with van der Waals surface area (Å²) < 4.78 is 35.9. The first kappa shape index (κ1) is 28.6. The molecule has 1 aliphatic heterocycles. The first-order chi connectivity index (χ1) is 15.1. The summed E-state index contributed by atoms with van der Waals surface area (Å²) in [7, 11) is 0. The predicted octanol–water partition coefficient (Wildman–Crippen LogP) is 2.62. The molecule has 0 aromatic rings. The van der Waals surface area contributed by atoms with Gasteiger partial charge >= 0.3 is 12.1 Å². The van der Waals surface area contributed by atoms with Crippen molar-refractivity contribution < 1.29 is 37.4 Å². The van der Waals surface area contributed by atoms with Crippen molar-refractivity contribution in [3.8, 4) is 0 Å². The lowest BCUT2D eigenvalue weighted by atomic mass is 9.85. The van der Waals surface area contributed by atoms with Gasteiger partial charge in [0.25, 0.3) is 0 Å². The number of ether oxygens (including phenoxy) is 2. The largest absolute Gasteiger partial charge is 0.464 e. The van der Waals surface area contributed by atoms with Gasteiger partial charge in [-0.15, -0.1) is 0 Å². The minimum atomic E-state index is -2.83. The van der Waals surface area contributed by atoms with E-state index in [9.17, 15) is 28.0 Å². The zero-order valence-electron chi connectivity index (χ0n) is 20.5. The van der Waals surface area contributed by atoms with E-state index in [4.69, 9.17) is 9.47 Å². The highest BCUT2D eigenvalue weighted by Crippen LogP contribution is 2.26. The smallest absolute Gasteiger partial charge is 0.408 e. The standard InChI is InChI=1S/C22H37F2N3O6/c1-8-32-19(30)13(12-15(23)24)25-17(28)14-10-9-11-27(14)18(29)16(21(2,3)4)26-20(31)33-22(5,6)7/h13-16H,8-12H2,1-7H3,(H,25,28)(H,26,31)/t13?,14-,16+/m0/s1. The molecule has 0 radical (unpaired) electrons. The molecule has 11 heteroatoms. The molecule has 1 unspecified atom stereocenters. The minimum absolute atomic E-state index is 0.0217. The summed E-state index contributed by atoms with van der Waals surface area (Å²) in [6, 6.07) is -3.48. The van der Waals surface area contributed by atoms with E-state index in [1.807, 2.05) is 0 Å². The number of rotatable bonds is 8. The molecular weight excluding hydrogens is 440 g/mol. The number of carbonyl (C=O) groups is 4. The molecule has 3 amide bonds. The van der Waals surface area contributed by atoms with Crippen LogP contribution in [0.25, 0.3) is 0 Å². The number of carbonyl (C=O) groups excluding carboxylic acids is 4. The highest BCUT2D eigenvalue weighted by Gasteiger charge is 2.43. The summed E-state index contributed by atoms with van der Waals surface area (Å²) in [5, 5.41) is 4.90. The lowest BCUT2D eigenvalue weighted by Gasteiger charge is -2.36. The number of hydrogen-bond donors (Lipinski definition) is 2. The molecule has 9 nitrogen and oxygen atoms in total. The molecule has 0 saturated carbocycles. The second-order valence-electron chi connectivity index (χ2n) is 10.1. The summed E-state index contributed by atoms with van der Waals surface area (Å²) in [6.07, 6.45) is -3.69. The van der Waals surface area contributed by atoms with Gasteiger partial charge in [-0.3, -0.25) is 9.59 Å². The Hall–Kier alpha value is -2.46. The summed E-state index contributed by atoms with van der Waals surface area (Å²) >= 11 is 0. The summed E-state index contributed by atoms with van der Waals surface area (Å²) in [6.45, 7) is 12.1. The van der Waals surface area contributed by atoms with E-state index in [1.54, 1.807) is 41.5 Å². The number of halogens is 2. The summed E-state index contributed by atoms with van der Waals surface area (Å²) in [5.41, 5.74) is -1.47. The topological polar surface area (TPSA) is 114 Å². The van der Waals surface area contributed by atoms with Crippen LogP contribution in [-0.2, 0) is 23.9 Å². The molecule has 2 N–H and O–H groups in total. The quantitative estimate of drug-likeness (QED) is 0.520. The molecule has 0 aromatic carbocycles. The predicted molar refractivity (Wildman–Crippen MR) is 117 cm³/mol. The number of nitrogens with zero attached hydrogens (tertiary/aromatic N) is 1. The Kier molecular flexibility index (Phi) is 10.0. The molecule has 1 aliphatic rings. The van der Waals surface area contributed by atoms with Crippen LogP contribution in [0.1, 0.15) is 67.7 Å². The highest BCUT2D eigenvalue weighted by atomic mass is 19.3. The van der Waals surface area contributed by atoms with Crippen molar-refractivity contribution in [3.05, 3.63) is 0 Å². The number of alkyl carbamates (subject to hydrolysis) is 1. The number of alkyl halides is 2. The summed E-state index contributed by atoms with van der Waals surface area (Å²) in [5.74, 6) is -2.17. The Bertz CT molecular complexity index is 718. The number of esters is 1. The Balaban J connectivity index is 3.02. The van der Waals surface area contributed by atoms with Crippen LogP contribution in [0.15, 0.2) is 0 Å². The van der Waals surface area contributed by atoms with Crippen LogP contribution >= 0.6 is 0 Å². The van der Waals surface area contributed by atoms with Crippen molar-refractivity contribution >= 4 is 23.9 Å². The first-order valence-corrected chi connectivity index (χ1v) is 11.1. The fourth-order valence-electron chi connectivity index (χ4n) is 3.45. The first-order valence-electron chi connectivity index (χ1n) is 11.1. The maximum absolute atomic E-state index is 13.4. The van der Waals surface area contributed by atoms with E-state index in [2.05, 4.69) is 10.6 Å². The van der Waals surface area contributed by atoms with Gasteiger partial charge in [-0.2, -0.15) is 0 Å². The molecule has 3 atom stereocenters. The molecule has 33 heavy (non-hydrogen) atoms. The van der Waals surface area contributed by atoms with Crippen LogP contribution < -0.4 is 10.6 Å². The molecular formula is C22H37F2N3O6. The van der Waals surface area contributed by atoms with E-state index < -0.39 is 65.9 Å². The van der Waals surface area contributed by atoms with Gasteiger partial charge < -0.3 is 25.0 Å². The zero-order valence-corrected chi connectivity index (χ0v) is 20.5. The van der Waals surface area contributed by atoms with Crippen molar-refractivity contribution in [2.45, 2.75) is 97.9 Å². The SMILES string of the molecule is CCOC(=O)C(CC(F)F)NC(=O)[C@@H]1CCCN1C(=O)[C@@H](NC(=O)OC(C)(C)C)C(C)(C)C. The number of hydrogen-bond acceptors (Lipinski definition) is 6. The van der Waals surface area contributed by atoms with Gasteiger partial charge in [0, 0.05) is 13.0 Å². The van der Waals surface area contributed by atoms with Crippen LogP contribution in [0, 0.1) is 5.41 Å². The van der Waals surface area contributed by atoms with Gasteiger partial charge in [-0.25, -0.2) is 18.4 Å². The van der Waals surface area contributed by atoms with Gasteiger partial charge in [0.2, 0.25) is 18.2 Å². The van der Waals surface area contributed by atoms with Crippen molar-refractivity contribution in [2.75, 3.05) is 13.2 Å². The molecule has 0 spiro atoms.